The number of hydrogen-bond acceptors (Lipinski definition) is 5. The van der Waals surface area contributed by atoms with Crippen molar-refractivity contribution in [3.8, 4) is 5.75 Å². The van der Waals surface area contributed by atoms with Gasteiger partial charge in [-0.25, -0.2) is 9.18 Å². The Labute approximate surface area is 205 Å². The lowest BCUT2D eigenvalue weighted by Gasteiger charge is -2.35. The summed E-state index contributed by atoms with van der Waals surface area (Å²) < 4.78 is 25.5. The molecule has 0 bridgehead atoms. The van der Waals surface area contributed by atoms with Gasteiger partial charge in [0.05, 0.1) is 11.1 Å². The Morgan fingerprint density at radius 1 is 0.943 bits per heavy atom. The summed E-state index contributed by atoms with van der Waals surface area (Å²) in [4.78, 5) is 39.7. The molecule has 0 saturated carbocycles. The Morgan fingerprint density at radius 2 is 1.54 bits per heavy atom. The van der Waals surface area contributed by atoms with Crippen molar-refractivity contribution in [3.05, 3.63) is 65.0 Å². The Bertz CT molecular complexity index is 1040. The van der Waals surface area contributed by atoms with Crippen LogP contribution < -0.4 is 10.5 Å². The van der Waals surface area contributed by atoms with Crippen LogP contribution >= 0.6 is 0 Å². The molecule has 2 N–H and O–H groups in total. The van der Waals surface area contributed by atoms with Gasteiger partial charge in [-0.15, -0.1) is 0 Å². The summed E-state index contributed by atoms with van der Waals surface area (Å²) >= 11 is 0. The lowest BCUT2D eigenvalue weighted by atomic mass is 10.1. The van der Waals surface area contributed by atoms with E-state index in [1.54, 1.807) is 45.0 Å². The number of primary amides is 1. The van der Waals surface area contributed by atoms with Gasteiger partial charge in [0.25, 0.3) is 11.8 Å². The van der Waals surface area contributed by atoms with Gasteiger partial charge in [0.2, 0.25) is 0 Å². The van der Waals surface area contributed by atoms with Crippen molar-refractivity contribution in [2.24, 2.45) is 5.73 Å². The van der Waals surface area contributed by atoms with Crippen LogP contribution in [0.2, 0.25) is 0 Å². The summed E-state index contributed by atoms with van der Waals surface area (Å²) in [6.07, 6.45) is -0.434. The molecule has 190 valence electrons. The number of carbonyl (C=O) groups is 3. The van der Waals surface area contributed by atoms with E-state index >= 15 is 0 Å². The van der Waals surface area contributed by atoms with Crippen LogP contribution in [0, 0.1) is 5.82 Å². The maximum atomic E-state index is 14.5. The zero-order valence-electron chi connectivity index (χ0n) is 21.0. The third-order valence-electron chi connectivity index (χ3n) is 5.03. The fourth-order valence-corrected chi connectivity index (χ4v) is 3.37. The van der Waals surface area contributed by atoms with Gasteiger partial charge >= 0.3 is 6.09 Å². The number of ether oxygens (including phenoxy) is 2. The first-order valence-corrected chi connectivity index (χ1v) is 11.6. The van der Waals surface area contributed by atoms with Gasteiger partial charge in [-0.3, -0.25) is 9.59 Å². The van der Waals surface area contributed by atoms with Crippen molar-refractivity contribution in [3.63, 3.8) is 0 Å². The number of piperazine rings is 1. The number of halogens is 1. The summed E-state index contributed by atoms with van der Waals surface area (Å²) in [6.45, 7) is 10.5. The van der Waals surface area contributed by atoms with Crippen molar-refractivity contribution in [1.29, 1.82) is 0 Å². The summed E-state index contributed by atoms with van der Waals surface area (Å²) in [7, 11) is 0. The van der Waals surface area contributed by atoms with Crippen LogP contribution in [0.3, 0.4) is 0 Å². The van der Waals surface area contributed by atoms with Gasteiger partial charge in [-0.2, -0.15) is 0 Å². The van der Waals surface area contributed by atoms with Crippen molar-refractivity contribution >= 4 is 17.9 Å². The van der Waals surface area contributed by atoms with Crippen molar-refractivity contribution in [1.82, 2.24) is 9.80 Å². The third-order valence-corrected chi connectivity index (χ3v) is 5.03. The highest BCUT2D eigenvalue weighted by Gasteiger charge is 2.29. The fourth-order valence-electron chi connectivity index (χ4n) is 3.37. The minimum atomic E-state index is -0.643. The van der Waals surface area contributed by atoms with Crippen LogP contribution in [-0.2, 0) is 11.3 Å². The van der Waals surface area contributed by atoms with E-state index in [-0.39, 0.29) is 30.8 Å². The monoisotopic (exact) mass is 487 g/mol. The predicted molar refractivity (Wildman–Crippen MR) is 131 cm³/mol. The van der Waals surface area contributed by atoms with Crippen LogP contribution in [-0.4, -0.2) is 59.5 Å². The molecule has 0 aliphatic carbocycles. The SMILES string of the molecule is CC.CC(C)(C)OC(=O)N1CCN(C(=O)c2cc(COc3ccccc3C(N)=O)ccc2F)CC1. The first-order valence-electron chi connectivity index (χ1n) is 11.6. The van der Waals surface area contributed by atoms with Crippen molar-refractivity contribution in [2.45, 2.75) is 46.8 Å². The van der Waals surface area contributed by atoms with Gasteiger partial charge in [0.15, 0.2) is 0 Å². The highest BCUT2D eigenvalue weighted by atomic mass is 19.1. The van der Waals surface area contributed by atoms with E-state index in [4.69, 9.17) is 15.2 Å². The molecule has 1 aliphatic rings. The Hall–Kier alpha value is -3.62. The average molecular weight is 488 g/mol. The van der Waals surface area contributed by atoms with Gasteiger partial charge < -0.3 is 25.0 Å². The van der Waals surface area contributed by atoms with E-state index in [0.29, 0.717) is 24.4 Å². The zero-order valence-corrected chi connectivity index (χ0v) is 21.0. The molecule has 2 aromatic rings. The largest absolute Gasteiger partial charge is 0.488 e. The molecule has 0 unspecified atom stereocenters. The van der Waals surface area contributed by atoms with Crippen LogP contribution in [0.25, 0.3) is 0 Å². The highest BCUT2D eigenvalue weighted by Crippen LogP contribution is 2.21. The molecule has 0 atom stereocenters. The maximum Gasteiger partial charge on any atom is 0.410 e. The van der Waals surface area contributed by atoms with Crippen molar-refractivity contribution < 1.29 is 28.2 Å². The molecule has 8 nitrogen and oxygen atoms in total. The van der Waals surface area contributed by atoms with Crippen LogP contribution in [0.4, 0.5) is 9.18 Å². The Morgan fingerprint density at radius 3 is 2.14 bits per heavy atom. The molecule has 1 aliphatic heterocycles. The molecule has 2 aromatic carbocycles. The van der Waals surface area contributed by atoms with Crippen molar-refractivity contribution in [2.75, 3.05) is 26.2 Å². The van der Waals surface area contributed by atoms with E-state index in [1.807, 2.05) is 13.8 Å². The van der Waals surface area contributed by atoms with E-state index < -0.39 is 29.3 Å². The fraction of sp³-hybridized carbons (Fsp3) is 0.423. The Balaban J connectivity index is 0.00000210. The lowest BCUT2D eigenvalue weighted by molar-refractivity contribution is 0.0140. The highest BCUT2D eigenvalue weighted by molar-refractivity contribution is 5.96. The third kappa shape index (κ3) is 7.70. The minimum Gasteiger partial charge on any atom is -0.488 e. The number of nitrogens with zero attached hydrogens (tertiary/aromatic N) is 2. The molecule has 1 saturated heterocycles. The predicted octanol–water partition coefficient (Wildman–Crippen LogP) is 4.22. The summed E-state index contributed by atoms with van der Waals surface area (Å²) in [5.41, 5.74) is 5.47. The van der Waals surface area contributed by atoms with Gasteiger partial charge in [0, 0.05) is 26.2 Å². The Kier molecular flexibility index (Phi) is 9.62. The lowest BCUT2D eigenvalue weighted by Crippen LogP contribution is -2.51. The second kappa shape index (κ2) is 12.2. The van der Waals surface area contributed by atoms with Crippen LogP contribution in [0.15, 0.2) is 42.5 Å². The van der Waals surface area contributed by atoms with Crippen LogP contribution in [0.1, 0.15) is 60.9 Å². The quantitative estimate of drug-likeness (QED) is 0.680. The molecule has 1 fully saturated rings. The number of para-hydroxylation sites is 1. The molecule has 0 spiro atoms. The van der Waals surface area contributed by atoms with Gasteiger partial charge in [-0.1, -0.05) is 32.0 Å². The molecular formula is C26H34FN3O5. The number of hydrogen-bond donors (Lipinski definition) is 1. The first-order chi connectivity index (χ1) is 16.5. The maximum absolute atomic E-state index is 14.5. The second-order valence-corrected chi connectivity index (χ2v) is 8.72. The number of carbonyl (C=O) groups excluding carboxylic acids is 3. The molecule has 9 heteroatoms. The molecule has 3 rings (SSSR count). The van der Waals surface area contributed by atoms with E-state index in [9.17, 15) is 18.8 Å². The molecular weight excluding hydrogens is 453 g/mol. The molecule has 0 aromatic heterocycles. The molecule has 1 heterocycles. The number of nitrogens with two attached hydrogens (primary N) is 1. The molecule has 3 amide bonds. The van der Waals surface area contributed by atoms with Crippen LogP contribution in [0.5, 0.6) is 5.75 Å². The van der Waals surface area contributed by atoms with E-state index in [1.165, 1.54) is 28.0 Å². The first kappa shape index (κ1) is 27.6. The molecule has 0 radical (unpaired) electrons. The van der Waals surface area contributed by atoms with Gasteiger partial charge in [-0.05, 0) is 50.6 Å². The number of amides is 3. The average Bonchev–Trinajstić information content (AvgIpc) is 2.83. The number of benzene rings is 2. The second-order valence-electron chi connectivity index (χ2n) is 8.72. The van der Waals surface area contributed by atoms with Gasteiger partial charge in [0.1, 0.15) is 23.8 Å². The molecule has 35 heavy (non-hydrogen) atoms. The normalized spacial score (nSPS) is 13.4. The minimum absolute atomic E-state index is 0.0251. The topological polar surface area (TPSA) is 102 Å². The summed E-state index contributed by atoms with van der Waals surface area (Å²) in [5.74, 6) is -1.42. The van der Waals surface area contributed by atoms with E-state index in [2.05, 4.69) is 0 Å². The van der Waals surface area contributed by atoms with E-state index in [0.717, 1.165) is 0 Å². The smallest absolute Gasteiger partial charge is 0.410 e. The standard InChI is InChI=1S/C24H28FN3O5.C2H6/c1-24(2,3)33-23(31)28-12-10-27(11-13-28)22(30)18-14-16(8-9-19(18)25)15-32-20-7-5-4-6-17(20)21(26)29;1-2/h4-9,14H,10-13,15H2,1-3H3,(H2,26,29);1-2H3. The summed E-state index contributed by atoms with van der Waals surface area (Å²) in [6, 6.07) is 10.7. The zero-order chi connectivity index (χ0) is 26.2. The number of rotatable bonds is 5. The summed E-state index contributed by atoms with van der Waals surface area (Å²) in [5, 5.41) is 0.